The Morgan fingerprint density at radius 2 is 1.73 bits per heavy atom. The number of hydrogen-bond donors (Lipinski definition) is 1. The Bertz CT molecular complexity index is 1550. The van der Waals surface area contributed by atoms with E-state index in [-0.39, 0.29) is 5.75 Å². The van der Waals surface area contributed by atoms with Crippen molar-refractivity contribution < 1.29 is 8.42 Å². The third-order valence-corrected chi connectivity index (χ3v) is 6.35. The topological polar surface area (TPSA) is 103 Å². The number of hydrogen-bond acceptors (Lipinski definition) is 6. The number of sulfonamides is 1. The third-order valence-electron chi connectivity index (χ3n) is 5.09. The Morgan fingerprint density at radius 1 is 0.879 bits per heavy atom. The van der Waals surface area contributed by atoms with Crippen molar-refractivity contribution in [3.8, 4) is 22.4 Å². The van der Waals surface area contributed by atoms with E-state index in [0.29, 0.717) is 11.3 Å². The van der Waals surface area contributed by atoms with Gasteiger partial charge in [0.25, 0.3) is 0 Å². The predicted octanol–water partition coefficient (Wildman–Crippen LogP) is 4.03. The molecule has 0 saturated heterocycles. The van der Waals surface area contributed by atoms with E-state index in [2.05, 4.69) is 19.8 Å². The van der Waals surface area contributed by atoms with Crippen molar-refractivity contribution in [1.82, 2.24) is 24.7 Å². The summed E-state index contributed by atoms with van der Waals surface area (Å²) in [6, 6.07) is 16.5. The van der Waals surface area contributed by atoms with Gasteiger partial charge in [-0.05, 0) is 29.3 Å². The maximum atomic E-state index is 12.6. The first-order chi connectivity index (χ1) is 15.9. The molecule has 0 aliphatic heterocycles. The Hall–Kier alpha value is -4.11. The molecule has 0 aliphatic rings. The van der Waals surface area contributed by atoms with Crippen LogP contribution >= 0.6 is 0 Å². The van der Waals surface area contributed by atoms with E-state index < -0.39 is 10.0 Å². The summed E-state index contributed by atoms with van der Waals surface area (Å²) in [5.74, 6) is -0.110. The molecule has 2 aromatic carbocycles. The molecule has 3 aromatic heterocycles. The fraction of sp³-hybridized carbons (Fsp3) is 0.0833. The SMILES string of the molecule is Cn1cc(-c2cnc3ccc(-c4cncc(NS(=O)(=O)Cc5ccccc5)c4)cc3n2)cn1. The van der Waals surface area contributed by atoms with Gasteiger partial charge in [0.1, 0.15) is 0 Å². The van der Waals surface area contributed by atoms with Crippen LogP contribution in [0.5, 0.6) is 0 Å². The second kappa shape index (κ2) is 8.44. The van der Waals surface area contributed by atoms with E-state index in [1.165, 1.54) is 6.20 Å². The van der Waals surface area contributed by atoms with Crippen LogP contribution in [0.4, 0.5) is 5.69 Å². The molecule has 5 rings (SSSR count). The van der Waals surface area contributed by atoms with Crippen molar-refractivity contribution in [3.63, 3.8) is 0 Å². The van der Waals surface area contributed by atoms with Crippen LogP contribution in [-0.4, -0.2) is 33.2 Å². The van der Waals surface area contributed by atoms with Crippen LogP contribution in [0.1, 0.15) is 5.56 Å². The Morgan fingerprint density at radius 3 is 2.52 bits per heavy atom. The number of nitrogens with one attached hydrogen (secondary N) is 1. The lowest BCUT2D eigenvalue weighted by Gasteiger charge is -2.10. The summed E-state index contributed by atoms with van der Waals surface area (Å²) in [5, 5.41) is 4.19. The second-order valence-corrected chi connectivity index (χ2v) is 9.39. The summed E-state index contributed by atoms with van der Waals surface area (Å²) < 4.78 is 29.5. The number of pyridine rings is 1. The molecule has 5 aromatic rings. The van der Waals surface area contributed by atoms with Gasteiger partial charge >= 0.3 is 0 Å². The van der Waals surface area contributed by atoms with Crippen LogP contribution in [0.2, 0.25) is 0 Å². The van der Waals surface area contributed by atoms with Crippen molar-refractivity contribution >= 4 is 26.7 Å². The molecule has 0 fully saturated rings. The predicted molar refractivity (Wildman–Crippen MR) is 128 cm³/mol. The Balaban J connectivity index is 1.43. The van der Waals surface area contributed by atoms with Crippen LogP contribution in [0.3, 0.4) is 0 Å². The molecule has 3 heterocycles. The minimum absolute atomic E-state index is 0.110. The summed E-state index contributed by atoms with van der Waals surface area (Å²) in [5.41, 5.74) is 5.84. The first kappa shape index (κ1) is 20.8. The lowest BCUT2D eigenvalue weighted by Crippen LogP contribution is -2.15. The summed E-state index contributed by atoms with van der Waals surface area (Å²) in [6.45, 7) is 0. The Kier molecular flexibility index (Phi) is 5.31. The number of fused-ring (bicyclic) bond motifs is 1. The number of nitrogens with zero attached hydrogens (tertiary/aromatic N) is 5. The molecule has 0 unspecified atom stereocenters. The van der Waals surface area contributed by atoms with Gasteiger partial charge in [0.05, 0.1) is 46.8 Å². The zero-order valence-electron chi connectivity index (χ0n) is 17.8. The molecule has 0 radical (unpaired) electrons. The first-order valence-corrected chi connectivity index (χ1v) is 11.9. The van der Waals surface area contributed by atoms with Crippen molar-refractivity contribution in [2.24, 2.45) is 7.05 Å². The minimum atomic E-state index is -3.58. The average molecular weight is 457 g/mol. The fourth-order valence-corrected chi connectivity index (χ4v) is 4.72. The highest BCUT2D eigenvalue weighted by molar-refractivity contribution is 7.91. The maximum Gasteiger partial charge on any atom is 0.236 e. The molecule has 0 amide bonds. The lowest BCUT2D eigenvalue weighted by atomic mass is 10.1. The smallest absolute Gasteiger partial charge is 0.236 e. The van der Waals surface area contributed by atoms with Gasteiger partial charge in [-0.25, -0.2) is 13.4 Å². The van der Waals surface area contributed by atoms with Crippen LogP contribution < -0.4 is 4.72 Å². The minimum Gasteiger partial charge on any atom is -0.282 e. The number of benzene rings is 2. The number of aromatic nitrogens is 5. The standard InChI is InChI=1S/C24H20N6O2S/c1-30-15-20(12-27-30)24-14-26-22-8-7-18(10-23(22)28-24)19-9-21(13-25-11-19)29-33(31,32)16-17-5-3-2-4-6-17/h2-15,29H,16H2,1H3. The number of rotatable bonds is 6. The third kappa shape index (κ3) is 4.73. The van der Waals surface area contributed by atoms with Gasteiger partial charge in [-0.2, -0.15) is 5.10 Å². The van der Waals surface area contributed by atoms with Gasteiger partial charge in [0.15, 0.2) is 0 Å². The molecular formula is C24H20N6O2S. The second-order valence-electron chi connectivity index (χ2n) is 7.67. The summed E-state index contributed by atoms with van der Waals surface area (Å²) in [7, 11) is -1.72. The molecule has 1 N–H and O–H groups in total. The van der Waals surface area contributed by atoms with E-state index in [4.69, 9.17) is 4.98 Å². The lowest BCUT2D eigenvalue weighted by molar-refractivity contribution is 0.600. The van der Waals surface area contributed by atoms with Crippen molar-refractivity contribution in [2.45, 2.75) is 5.75 Å². The highest BCUT2D eigenvalue weighted by Gasteiger charge is 2.13. The fourth-order valence-electron chi connectivity index (χ4n) is 3.55. The maximum absolute atomic E-state index is 12.6. The van der Waals surface area contributed by atoms with Crippen LogP contribution in [0.15, 0.2) is 85.6 Å². The number of aryl methyl sites for hydroxylation is 1. The molecule has 0 spiro atoms. The number of anilines is 1. The van der Waals surface area contributed by atoms with Crippen LogP contribution in [-0.2, 0) is 22.8 Å². The quantitative estimate of drug-likeness (QED) is 0.414. The highest BCUT2D eigenvalue weighted by Crippen LogP contribution is 2.26. The van der Waals surface area contributed by atoms with E-state index >= 15 is 0 Å². The largest absolute Gasteiger partial charge is 0.282 e. The van der Waals surface area contributed by atoms with Crippen LogP contribution in [0.25, 0.3) is 33.4 Å². The monoisotopic (exact) mass is 456 g/mol. The molecule has 0 aliphatic carbocycles. The van der Waals surface area contributed by atoms with Gasteiger partial charge in [0, 0.05) is 30.6 Å². The molecule has 0 atom stereocenters. The van der Waals surface area contributed by atoms with E-state index in [0.717, 1.165) is 33.4 Å². The molecule has 33 heavy (non-hydrogen) atoms. The van der Waals surface area contributed by atoms with Crippen molar-refractivity contribution in [3.05, 3.63) is 91.1 Å². The van der Waals surface area contributed by atoms with E-state index in [1.54, 1.807) is 41.5 Å². The van der Waals surface area contributed by atoms with E-state index in [9.17, 15) is 8.42 Å². The zero-order valence-corrected chi connectivity index (χ0v) is 18.6. The first-order valence-electron chi connectivity index (χ1n) is 10.2. The normalized spacial score (nSPS) is 11.5. The van der Waals surface area contributed by atoms with Crippen molar-refractivity contribution in [2.75, 3.05) is 4.72 Å². The van der Waals surface area contributed by atoms with Gasteiger partial charge in [-0.3, -0.25) is 19.4 Å². The average Bonchev–Trinajstić information content (AvgIpc) is 3.25. The molecular weight excluding hydrogens is 436 g/mol. The van der Waals surface area contributed by atoms with Gasteiger partial charge in [-0.15, -0.1) is 0 Å². The van der Waals surface area contributed by atoms with Gasteiger partial charge in [0.2, 0.25) is 10.0 Å². The van der Waals surface area contributed by atoms with Gasteiger partial charge < -0.3 is 0 Å². The Labute approximate surface area is 191 Å². The molecule has 164 valence electrons. The highest BCUT2D eigenvalue weighted by atomic mass is 32.2. The summed E-state index contributed by atoms with van der Waals surface area (Å²) in [6.07, 6.45) is 8.54. The summed E-state index contributed by atoms with van der Waals surface area (Å²) in [4.78, 5) is 13.5. The molecule has 9 heteroatoms. The zero-order chi connectivity index (χ0) is 22.8. The van der Waals surface area contributed by atoms with Crippen molar-refractivity contribution in [1.29, 1.82) is 0 Å². The molecule has 8 nitrogen and oxygen atoms in total. The van der Waals surface area contributed by atoms with E-state index in [1.807, 2.05) is 49.6 Å². The summed E-state index contributed by atoms with van der Waals surface area (Å²) >= 11 is 0. The molecule has 0 saturated carbocycles. The molecule has 0 bridgehead atoms. The van der Waals surface area contributed by atoms with Gasteiger partial charge in [-0.1, -0.05) is 36.4 Å². The van der Waals surface area contributed by atoms with Crippen LogP contribution in [0, 0.1) is 0 Å².